The summed E-state index contributed by atoms with van der Waals surface area (Å²) in [6, 6.07) is 13.1. The van der Waals surface area contributed by atoms with E-state index in [1.807, 2.05) is 30.3 Å². The highest BCUT2D eigenvalue weighted by Crippen LogP contribution is 2.19. The molecule has 114 valence electrons. The Labute approximate surface area is 127 Å². The van der Waals surface area contributed by atoms with Gasteiger partial charge in [0, 0.05) is 12.6 Å². The number of anilines is 2. The summed E-state index contributed by atoms with van der Waals surface area (Å²) in [7, 11) is 0. The molecule has 0 aliphatic heterocycles. The first-order chi connectivity index (χ1) is 10.5. The molecule has 2 aromatic rings. The van der Waals surface area contributed by atoms with E-state index in [1.54, 1.807) is 0 Å². The molecule has 2 rings (SSSR count). The van der Waals surface area contributed by atoms with Crippen LogP contribution in [-0.2, 0) is 16.1 Å². The van der Waals surface area contributed by atoms with Crippen molar-refractivity contribution in [2.24, 2.45) is 0 Å². The quantitative estimate of drug-likeness (QED) is 0.908. The summed E-state index contributed by atoms with van der Waals surface area (Å²) in [6.45, 7) is 1.40. The molecule has 0 unspecified atom stereocenters. The van der Waals surface area contributed by atoms with Gasteiger partial charge >= 0.3 is 6.09 Å². The van der Waals surface area contributed by atoms with Crippen molar-refractivity contribution in [2.75, 3.05) is 10.6 Å². The van der Waals surface area contributed by atoms with Gasteiger partial charge in [-0.05, 0) is 23.8 Å². The number of benzene rings is 2. The number of rotatable bonds is 4. The molecule has 0 spiro atoms. The van der Waals surface area contributed by atoms with Gasteiger partial charge in [-0.1, -0.05) is 30.3 Å². The van der Waals surface area contributed by atoms with Crippen molar-refractivity contribution < 1.29 is 18.7 Å². The Bertz CT molecular complexity index is 674. The highest BCUT2D eigenvalue weighted by molar-refractivity contribution is 5.91. The molecule has 0 aliphatic rings. The van der Waals surface area contributed by atoms with Crippen LogP contribution in [0.1, 0.15) is 12.5 Å². The molecule has 0 fully saturated rings. The summed E-state index contributed by atoms with van der Waals surface area (Å²) >= 11 is 0. The van der Waals surface area contributed by atoms with Crippen molar-refractivity contribution >= 4 is 23.4 Å². The fraction of sp³-hybridized carbons (Fsp3) is 0.125. The zero-order valence-electron chi connectivity index (χ0n) is 11.9. The van der Waals surface area contributed by atoms with Crippen LogP contribution >= 0.6 is 0 Å². The fourth-order valence-corrected chi connectivity index (χ4v) is 1.77. The normalized spacial score (nSPS) is 9.91. The van der Waals surface area contributed by atoms with Gasteiger partial charge in [-0.2, -0.15) is 0 Å². The van der Waals surface area contributed by atoms with Crippen LogP contribution in [-0.4, -0.2) is 12.0 Å². The summed E-state index contributed by atoms with van der Waals surface area (Å²) in [6.07, 6.45) is -0.663. The highest BCUT2D eigenvalue weighted by Gasteiger charge is 2.08. The summed E-state index contributed by atoms with van der Waals surface area (Å²) in [5.74, 6) is -0.985. The van der Waals surface area contributed by atoms with E-state index in [0.717, 1.165) is 11.6 Å². The Kier molecular flexibility index (Phi) is 5.08. The predicted molar refractivity (Wildman–Crippen MR) is 81.0 cm³/mol. The van der Waals surface area contributed by atoms with E-state index >= 15 is 0 Å². The smallest absolute Gasteiger partial charge is 0.411 e. The van der Waals surface area contributed by atoms with Gasteiger partial charge < -0.3 is 10.1 Å². The number of hydrogen-bond acceptors (Lipinski definition) is 3. The monoisotopic (exact) mass is 302 g/mol. The van der Waals surface area contributed by atoms with Gasteiger partial charge in [0.05, 0.1) is 5.69 Å². The lowest BCUT2D eigenvalue weighted by atomic mass is 10.2. The average Bonchev–Trinajstić information content (AvgIpc) is 2.49. The molecule has 2 amide bonds. The van der Waals surface area contributed by atoms with Crippen molar-refractivity contribution in [3.63, 3.8) is 0 Å². The average molecular weight is 302 g/mol. The Morgan fingerprint density at radius 1 is 1.09 bits per heavy atom. The first-order valence-corrected chi connectivity index (χ1v) is 6.59. The van der Waals surface area contributed by atoms with Gasteiger partial charge in [-0.25, -0.2) is 9.18 Å². The molecule has 0 heterocycles. The van der Waals surface area contributed by atoms with Crippen LogP contribution in [0.4, 0.5) is 20.6 Å². The molecule has 0 bridgehead atoms. The standard InChI is InChI=1S/C16H15FN2O3/c1-11(20)18-15-9-13(7-8-14(15)17)19-16(21)22-10-12-5-3-2-4-6-12/h2-9H,10H2,1H3,(H,18,20)(H,19,21). The number of ether oxygens (including phenoxy) is 1. The molecule has 2 aromatic carbocycles. The summed E-state index contributed by atoms with van der Waals surface area (Å²) < 4.78 is 18.5. The summed E-state index contributed by atoms with van der Waals surface area (Å²) in [4.78, 5) is 22.7. The van der Waals surface area contributed by atoms with Crippen LogP contribution in [0.2, 0.25) is 0 Å². The van der Waals surface area contributed by atoms with Crippen LogP contribution in [0.15, 0.2) is 48.5 Å². The third-order valence-electron chi connectivity index (χ3n) is 2.74. The molecular formula is C16H15FN2O3. The minimum Gasteiger partial charge on any atom is -0.444 e. The number of amides is 2. The van der Waals surface area contributed by atoms with E-state index in [4.69, 9.17) is 4.74 Å². The van der Waals surface area contributed by atoms with Gasteiger partial charge in [0.1, 0.15) is 12.4 Å². The van der Waals surface area contributed by atoms with E-state index in [-0.39, 0.29) is 12.3 Å². The van der Waals surface area contributed by atoms with Crippen LogP contribution in [0.3, 0.4) is 0 Å². The second-order valence-corrected chi connectivity index (χ2v) is 4.56. The maximum atomic E-state index is 13.5. The van der Waals surface area contributed by atoms with Gasteiger partial charge in [0.2, 0.25) is 5.91 Å². The molecular weight excluding hydrogens is 287 g/mol. The Hall–Kier alpha value is -2.89. The topological polar surface area (TPSA) is 67.4 Å². The molecule has 0 aliphatic carbocycles. The molecule has 0 atom stereocenters. The zero-order chi connectivity index (χ0) is 15.9. The Morgan fingerprint density at radius 3 is 2.50 bits per heavy atom. The lowest BCUT2D eigenvalue weighted by Crippen LogP contribution is -2.14. The highest BCUT2D eigenvalue weighted by atomic mass is 19.1. The predicted octanol–water partition coefficient (Wildman–Crippen LogP) is 3.53. The van der Waals surface area contributed by atoms with Gasteiger partial charge in [0.15, 0.2) is 0 Å². The van der Waals surface area contributed by atoms with Crippen LogP contribution in [0.25, 0.3) is 0 Å². The first kappa shape index (κ1) is 15.5. The Balaban J connectivity index is 1.95. The van der Waals surface area contributed by atoms with E-state index < -0.39 is 17.8 Å². The Morgan fingerprint density at radius 2 is 1.82 bits per heavy atom. The number of hydrogen-bond donors (Lipinski definition) is 2. The lowest BCUT2D eigenvalue weighted by Gasteiger charge is -2.09. The maximum Gasteiger partial charge on any atom is 0.411 e. The van der Waals surface area contributed by atoms with Crippen LogP contribution < -0.4 is 10.6 Å². The van der Waals surface area contributed by atoms with Crippen molar-refractivity contribution in [2.45, 2.75) is 13.5 Å². The first-order valence-electron chi connectivity index (χ1n) is 6.59. The minimum absolute atomic E-state index is 0.00615. The molecule has 0 saturated heterocycles. The summed E-state index contributed by atoms with van der Waals surface area (Å²) in [5.41, 5.74) is 1.17. The van der Waals surface area contributed by atoms with Gasteiger partial charge in [0.25, 0.3) is 0 Å². The minimum atomic E-state index is -0.663. The maximum absolute atomic E-state index is 13.5. The molecule has 0 aromatic heterocycles. The molecule has 6 heteroatoms. The molecule has 0 saturated carbocycles. The van der Waals surface area contributed by atoms with Gasteiger partial charge in [-0.3, -0.25) is 10.1 Å². The molecule has 2 N–H and O–H groups in total. The van der Waals surface area contributed by atoms with Crippen LogP contribution in [0, 0.1) is 5.82 Å². The summed E-state index contributed by atoms with van der Waals surface area (Å²) in [5, 5.41) is 4.81. The van der Waals surface area contributed by atoms with Crippen molar-refractivity contribution in [3.8, 4) is 0 Å². The fourth-order valence-electron chi connectivity index (χ4n) is 1.77. The number of halogens is 1. The zero-order valence-corrected chi connectivity index (χ0v) is 11.9. The second kappa shape index (κ2) is 7.21. The lowest BCUT2D eigenvalue weighted by molar-refractivity contribution is -0.114. The van der Waals surface area contributed by atoms with E-state index in [0.29, 0.717) is 5.69 Å². The molecule has 22 heavy (non-hydrogen) atoms. The van der Waals surface area contributed by atoms with Crippen molar-refractivity contribution in [1.82, 2.24) is 0 Å². The van der Waals surface area contributed by atoms with E-state index in [9.17, 15) is 14.0 Å². The van der Waals surface area contributed by atoms with Gasteiger partial charge in [-0.15, -0.1) is 0 Å². The number of carbonyl (C=O) groups is 2. The SMILES string of the molecule is CC(=O)Nc1cc(NC(=O)OCc2ccccc2)ccc1F. The second-order valence-electron chi connectivity index (χ2n) is 4.56. The van der Waals surface area contributed by atoms with Crippen molar-refractivity contribution in [3.05, 3.63) is 59.9 Å². The van der Waals surface area contributed by atoms with Crippen LogP contribution in [0.5, 0.6) is 0 Å². The molecule has 0 radical (unpaired) electrons. The third-order valence-corrected chi connectivity index (χ3v) is 2.74. The number of carbonyl (C=O) groups excluding carboxylic acids is 2. The number of nitrogens with one attached hydrogen (secondary N) is 2. The van der Waals surface area contributed by atoms with E-state index in [1.165, 1.54) is 19.1 Å². The van der Waals surface area contributed by atoms with E-state index in [2.05, 4.69) is 10.6 Å². The third kappa shape index (κ3) is 4.59. The molecule has 5 nitrogen and oxygen atoms in total. The largest absolute Gasteiger partial charge is 0.444 e. The van der Waals surface area contributed by atoms with Crippen molar-refractivity contribution in [1.29, 1.82) is 0 Å².